The predicted molar refractivity (Wildman–Crippen MR) is 130 cm³/mol. The first kappa shape index (κ1) is 21.4. The van der Waals surface area contributed by atoms with Crippen molar-refractivity contribution < 1.29 is 4.79 Å². The van der Waals surface area contributed by atoms with E-state index in [4.69, 9.17) is 0 Å². The third-order valence-corrected chi connectivity index (χ3v) is 6.93. The summed E-state index contributed by atoms with van der Waals surface area (Å²) in [6, 6.07) is 22.6. The van der Waals surface area contributed by atoms with Crippen LogP contribution in [0, 0.1) is 0 Å². The molecule has 0 bridgehead atoms. The largest absolute Gasteiger partial charge is 0.377 e. The van der Waals surface area contributed by atoms with Crippen molar-refractivity contribution in [3.8, 4) is 0 Å². The second-order valence-corrected chi connectivity index (χ2v) is 9.09. The van der Waals surface area contributed by atoms with E-state index < -0.39 is 0 Å². The van der Waals surface area contributed by atoms with E-state index in [-0.39, 0.29) is 17.5 Å². The molecule has 1 saturated carbocycles. The molecule has 1 aliphatic rings. The van der Waals surface area contributed by atoms with Crippen LogP contribution in [0.25, 0.3) is 10.8 Å². The molecule has 0 aromatic heterocycles. The van der Waals surface area contributed by atoms with Crippen LogP contribution < -0.4 is 10.2 Å². The Balaban J connectivity index is 1.77. The second-order valence-electron chi connectivity index (χ2n) is 9.09. The summed E-state index contributed by atoms with van der Waals surface area (Å²) in [5.74, 6) is -0.0107. The summed E-state index contributed by atoms with van der Waals surface area (Å²) in [5, 5.41) is 5.55. The minimum Gasteiger partial charge on any atom is -0.377 e. The van der Waals surface area contributed by atoms with Gasteiger partial charge in [-0.2, -0.15) is 0 Å². The Bertz CT molecular complexity index is 1050. The highest BCUT2D eigenvalue weighted by Gasteiger charge is 2.44. The zero-order valence-corrected chi connectivity index (χ0v) is 19.1. The number of nitrogens with one attached hydrogen (secondary N) is 1. The molecule has 162 valence electrons. The Morgan fingerprint density at radius 1 is 0.839 bits per heavy atom. The number of rotatable bonds is 6. The van der Waals surface area contributed by atoms with Gasteiger partial charge in [-0.05, 0) is 50.0 Å². The van der Waals surface area contributed by atoms with E-state index in [0.29, 0.717) is 0 Å². The molecule has 1 atom stereocenters. The number of anilines is 1. The van der Waals surface area contributed by atoms with Crippen LogP contribution in [0.3, 0.4) is 0 Å². The van der Waals surface area contributed by atoms with Crippen LogP contribution in [-0.2, 0) is 0 Å². The number of amides is 1. The van der Waals surface area contributed by atoms with E-state index in [9.17, 15) is 4.79 Å². The Hall–Kier alpha value is -2.85. The van der Waals surface area contributed by atoms with Crippen molar-refractivity contribution >= 4 is 22.4 Å². The molecule has 31 heavy (non-hydrogen) atoms. The number of hydrogen-bond donors (Lipinski definition) is 1. The topological polar surface area (TPSA) is 35.6 Å². The van der Waals surface area contributed by atoms with Crippen molar-refractivity contribution in [2.24, 2.45) is 0 Å². The van der Waals surface area contributed by atoms with Crippen LogP contribution in [0.1, 0.15) is 47.6 Å². The molecule has 0 spiro atoms. The maximum atomic E-state index is 13.7. The third-order valence-electron chi connectivity index (χ3n) is 6.93. The van der Waals surface area contributed by atoms with Gasteiger partial charge in [0.05, 0.1) is 6.04 Å². The summed E-state index contributed by atoms with van der Waals surface area (Å²) in [7, 11) is 8.37. The van der Waals surface area contributed by atoms with Crippen molar-refractivity contribution in [2.75, 3.05) is 33.1 Å². The van der Waals surface area contributed by atoms with Gasteiger partial charge in [0.25, 0.3) is 5.91 Å². The molecule has 0 aliphatic heterocycles. The standard InChI is InChI=1S/C27H33N3O/c1-29(2)24-17-16-23(21-14-8-9-15-22(21)24)26(31)28-25(20-12-6-5-7-13-20)27(30(3)4)18-10-11-19-27/h5-9,12-17,25H,10-11,18-19H2,1-4H3,(H,28,31). The molecule has 1 N–H and O–H groups in total. The Kier molecular flexibility index (Phi) is 6.01. The number of carbonyl (C=O) groups excluding carboxylic acids is 1. The average molecular weight is 416 g/mol. The van der Waals surface area contributed by atoms with Gasteiger partial charge >= 0.3 is 0 Å². The highest BCUT2D eigenvalue weighted by atomic mass is 16.1. The summed E-state index contributed by atoms with van der Waals surface area (Å²) >= 11 is 0. The molecule has 0 heterocycles. The van der Waals surface area contributed by atoms with Gasteiger partial charge in [-0.3, -0.25) is 4.79 Å². The molecule has 1 fully saturated rings. The first-order valence-electron chi connectivity index (χ1n) is 11.2. The van der Waals surface area contributed by atoms with E-state index in [1.165, 1.54) is 18.4 Å². The molecule has 1 amide bonds. The number of nitrogens with zero attached hydrogens (tertiary/aromatic N) is 2. The molecule has 1 aliphatic carbocycles. The van der Waals surface area contributed by atoms with Crippen molar-refractivity contribution in [1.82, 2.24) is 10.2 Å². The monoisotopic (exact) mass is 415 g/mol. The molecule has 1 unspecified atom stereocenters. The van der Waals surface area contributed by atoms with Crippen LogP contribution in [0.4, 0.5) is 5.69 Å². The highest BCUT2D eigenvalue weighted by Crippen LogP contribution is 2.43. The fourth-order valence-electron chi connectivity index (χ4n) is 5.23. The van der Waals surface area contributed by atoms with E-state index in [1.54, 1.807) is 0 Å². The molecule has 4 nitrogen and oxygen atoms in total. The number of carbonyl (C=O) groups is 1. The van der Waals surface area contributed by atoms with Gasteiger partial charge in [-0.1, -0.05) is 67.4 Å². The fourth-order valence-corrected chi connectivity index (χ4v) is 5.23. The lowest BCUT2D eigenvalue weighted by Gasteiger charge is -2.44. The van der Waals surface area contributed by atoms with Gasteiger partial charge in [0.1, 0.15) is 0 Å². The summed E-state index contributed by atoms with van der Waals surface area (Å²) in [4.78, 5) is 18.1. The molecular formula is C27H33N3O. The minimum absolute atomic E-state index is 0.0107. The van der Waals surface area contributed by atoms with Crippen molar-refractivity contribution in [2.45, 2.75) is 37.3 Å². The normalized spacial score (nSPS) is 16.4. The molecule has 3 aromatic rings. The maximum Gasteiger partial charge on any atom is 0.252 e. The number of hydrogen-bond acceptors (Lipinski definition) is 3. The lowest BCUT2D eigenvalue weighted by atomic mass is 9.82. The fraction of sp³-hybridized carbons (Fsp3) is 0.370. The smallest absolute Gasteiger partial charge is 0.252 e. The van der Waals surface area contributed by atoms with Gasteiger partial charge in [-0.25, -0.2) is 0 Å². The van der Waals surface area contributed by atoms with E-state index in [1.807, 2.05) is 50.5 Å². The maximum absolute atomic E-state index is 13.7. The molecule has 0 saturated heterocycles. The van der Waals surface area contributed by atoms with Crippen LogP contribution in [0.2, 0.25) is 0 Å². The SMILES string of the molecule is CN(C)c1ccc(C(=O)NC(c2ccccc2)C2(N(C)C)CCCC2)c2ccccc12. The zero-order chi connectivity index (χ0) is 22.0. The Labute approximate surface area is 185 Å². The van der Waals surface area contributed by atoms with Gasteiger partial charge in [0, 0.05) is 36.3 Å². The van der Waals surface area contributed by atoms with Gasteiger partial charge in [0.2, 0.25) is 0 Å². The summed E-state index contributed by atoms with van der Waals surface area (Å²) in [6.45, 7) is 0. The number of fused-ring (bicyclic) bond motifs is 1. The molecular weight excluding hydrogens is 382 g/mol. The average Bonchev–Trinajstić information content (AvgIpc) is 3.28. The number of benzene rings is 3. The van der Waals surface area contributed by atoms with Gasteiger partial charge in [-0.15, -0.1) is 0 Å². The summed E-state index contributed by atoms with van der Waals surface area (Å²) in [5.41, 5.74) is 2.94. The van der Waals surface area contributed by atoms with Crippen molar-refractivity contribution in [1.29, 1.82) is 0 Å². The lowest BCUT2D eigenvalue weighted by molar-refractivity contribution is 0.0767. The second kappa shape index (κ2) is 8.72. The van der Waals surface area contributed by atoms with Gasteiger partial charge < -0.3 is 15.1 Å². The van der Waals surface area contributed by atoms with Crippen molar-refractivity contribution in [3.63, 3.8) is 0 Å². The molecule has 4 rings (SSSR count). The van der Waals surface area contributed by atoms with Crippen LogP contribution >= 0.6 is 0 Å². The Morgan fingerprint density at radius 3 is 2.06 bits per heavy atom. The Morgan fingerprint density at radius 2 is 1.45 bits per heavy atom. The minimum atomic E-state index is -0.0730. The van der Waals surface area contributed by atoms with E-state index >= 15 is 0 Å². The van der Waals surface area contributed by atoms with Gasteiger partial charge in [0.15, 0.2) is 0 Å². The molecule has 0 radical (unpaired) electrons. The zero-order valence-electron chi connectivity index (χ0n) is 19.1. The predicted octanol–water partition coefficient (Wildman–Crippen LogP) is 5.25. The van der Waals surface area contributed by atoms with Crippen molar-refractivity contribution in [3.05, 3.63) is 77.9 Å². The van der Waals surface area contributed by atoms with Crippen LogP contribution in [0.15, 0.2) is 66.7 Å². The number of likely N-dealkylation sites (N-methyl/N-ethyl adjacent to an activating group) is 1. The quantitative estimate of drug-likeness (QED) is 0.597. The van der Waals surface area contributed by atoms with Crippen LogP contribution in [-0.4, -0.2) is 44.5 Å². The first-order chi connectivity index (χ1) is 14.9. The van der Waals surface area contributed by atoms with E-state index in [0.717, 1.165) is 34.9 Å². The molecule has 3 aromatic carbocycles. The van der Waals surface area contributed by atoms with Crippen LogP contribution in [0.5, 0.6) is 0 Å². The summed E-state index contributed by atoms with van der Waals surface area (Å²) < 4.78 is 0. The summed E-state index contributed by atoms with van der Waals surface area (Å²) in [6.07, 6.45) is 4.55. The highest BCUT2D eigenvalue weighted by molar-refractivity contribution is 6.10. The van der Waals surface area contributed by atoms with E-state index in [2.05, 4.69) is 59.5 Å². The lowest BCUT2D eigenvalue weighted by Crippen LogP contribution is -2.53. The molecule has 4 heteroatoms. The third kappa shape index (κ3) is 3.92. The first-order valence-corrected chi connectivity index (χ1v) is 11.2.